The summed E-state index contributed by atoms with van der Waals surface area (Å²) in [6.07, 6.45) is 3.59. The Kier molecular flexibility index (Phi) is 4.68. The summed E-state index contributed by atoms with van der Waals surface area (Å²) in [4.78, 5) is 14.3. The van der Waals surface area contributed by atoms with E-state index in [9.17, 15) is 9.90 Å². The van der Waals surface area contributed by atoms with Gasteiger partial charge in [0, 0.05) is 24.7 Å². The highest BCUT2D eigenvalue weighted by Gasteiger charge is 2.21. The molecule has 1 aromatic heterocycles. The van der Waals surface area contributed by atoms with Crippen LogP contribution in [0.4, 0.5) is 0 Å². The average Bonchev–Trinajstić information content (AvgIpc) is 3.13. The van der Waals surface area contributed by atoms with Crippen molar-refractivity contribution >= 4 is 16.9 Å². The lowest BCUT2D eigenvalue weighted by Crippen LogP contribution is -2.22. The van der Waals surface area contributed by atoms with Crippen LogP contribution < -0.4 is 0 Å². The van der Waals surface area contributed by atoms with Gasteiger partial charge in [-0.05, 0) is 68.5 Å². The molecular formula is C20H28N2O2. The summed E-state index contributed by atoms with van der Waals surface area (Å²) in [6, 6.07) is 4.05. The fourth-order valence-corrected chi connectivity index (χ4v) is 3.90. The molecule has 0 amide bonds. The van der Waals surface area contributed by atoms with Crippen LogP contribution in [0.15, 0.2) is 12.1 Å². The SMILES string of the molecule is Cc1c(CCN2CCCC2)c2cc(C(C)C)cc(C(=O)O)c2n1C. The highest BCUT2D eigenvalue weighted by molar-refractivity contribution is 6.04. The first-order valence-corrected chi connectivity index (χ1v) is 8.97. The Labute approximate surface area is 144 Å². The maximum atomic E-state index is 11.8. The van der Waals surface area contributed by atoms with Crippen molar-refractivity contribution in [3.63, 3.8) is 0 Å². The van der Waals surface area contributed by atoms with Crippen LogP contribution >= 0.6 is 0 Å². The summed E-state index contributed by atoms with van der Waals surface area (Å²) in [5.41, 5.74) is 4.89. The molecule has 1 fully saturated rings. The summed E-state index contributed by atoms with van der Waals surface area (Å²) in [5, 5.41) is 10.8. The predicted molar refractivity (Wildman–Crippen MR) is 98.1 cm³/mol. The number of hydrogen-bond acceptors (Lipinski definition) is 2. The van der Waals surface area contributed by atoms with Crippen LogP contribution in [0.25, 0.3) is 10.9 Å². The highest BCUT2D eigenvalue weighted by atomic mass is 16.4. The maximum absolute atomic E-state index is 11.8. The summed E-state index contributed by atoms with van der Waals surface area (Å²) in [7, 11) is 1.98. The number of hydrogen-bond donors (Lipinski definition) is 1. The van der Waals surface area contributed by atoms with Crippen molar-refractivity contribution in [3.05, 3.63) is 34.5 Å². The van der Waals surface area contributed by atoms with Gasteiger partial charge >= 0.3 is 5.97 Å². The molecule has 1 aliphatic heterocycles. The molecule has 130 valence electrons. The van der Waals surface area contributed by atoms with Crippen molar-refractivity contribution in [2.24, 2.45) is 7.05 Å². The normalized spacial score (nSPS) is 15.7. The minimum atomic E-state index is -0.839. The van der Waals surface area contributed by atoms with Crippen LogP contribution in [-0.2, 0) is 13.5 Å². The smallest absolute Gasteiger partial charge is 0.337 e. The first-order valence-electron chi connectivity index (χ1n) is 8.97. The van der Waals surface area contributed by atoms with E-state index >= 15 is 0 Å². The molecule has 2 heterocycles. The van der Waals surface area contributed by atoms with Crippen molar-refractivity contribution in [1.29, 1.82) is 0 Å². The van der Waals surface area contributed by atoms with E-state index in [1.807, 2.05) is 13.1 Å². The fraction of sp³-hybridized carbons (Fsp3) is 0.550. The zero-order valence-corrected chi connectivity index (χ0v) is 15.2. The van der Waals surface area contributed by atoms with Gasteiger partial charge in [0.25, 0.3) is 0 Å². The third-order valence-electron chi connectivity index (χ3n) is 5.51. The maximum Gasteiger partial charge on any atom is 0.337 e. The lowest BCUT2D eigenvalue weighted by molar-refractivity contribution is 0.0698. The number of aryl methyl sites for hydroxylation is 1. The minimum absolute atomic E-state index is 0.319. The molecule has 0 spiro atoms. The average molecular weight is 328 g/mol. The van der Waals surface area contributed by atoms with Crippen molar-refractivity contribution in [1.82, 2.24) is 9.47 Å². The molecule has 24 heavy (non-hydrogen) atoms. The summed E-state index contributed by atoms with van der Waals surface area (Å²) in [5.74, 6) is -0.520. The highest BCUT2D eigenvalue weighted by Crippen LogP contribution is 2.32. The van der Waals surface area contributed by atoms with Crippen molar-refractivity contribution in [2.45, 2.75) is 46.0 Å². The molecule has 4 heteroatoms. The van der Waals surface area contributed by atoms with Crippen molar-refractivity contribution < 1.29 is 9.90 Å². The molecule has 1 aliphatic rings. The van der Waals surface area contributed by atoms with Gasteiger partial charge in [0.05, 0.1) is 11.1 Å². The van der Waals surface area contributed by atoms with Crippen LogP contribution in [0.1, 0.15) is 59.8 Å². The van der Waals surface area contributed by atoms with E-state index in [2.05, 4.69) is 36.3 Å². The van der Waals surface area contributed by atoms with Gasteiger partial charge in [0.1, 0.15) is 0 Å². The van der Waals surface area contributed by atoms with Gasteiger partial charge in [-0.3, -0.25) is 0 Å². The fourth-order valence-electron chi connectivity index (χ4n) is 3.90. The Morgan fingerprint density at radius 1 is 1.25 bits per heavy atom. The summed E-state index contributed by atoms with van der Waals surface area (Å²) < 4.78 is 2.06. The number of likely N-dealkylation sites (tertiary alicyclic amines) is 1. The summed E-state index contributed by atoms with van der Waals surface area (Å²) >= 11 is 0. The van der Waals surface area contributed by atoms with Gasteiger partial charge in [0.15, 0.2) is 0 Å². The Balaban J connectivity index is 2.10. The van der Waals surface area contributed by atoms with E-state index in [0.29, 0.717) is 11.5 Å². The van der Waals surface area contributed by atoms with Crippen LogP contribution in [0.2, 0.25) is 0 Å². The van der Waals surface area contributed by atoms with E-state index in [4.69, 9.17) is 0 Å². The van der Waals surface area contributed by atoms with Crippen LogP contribution in [0, 0.1) is 6.92 Å². The number of rotatable bonds is 5. The van der Waals surface area contributed by atoms with Gasteiger partial charge in [-0.1, -0.05) is 13.8 Å². The second-order valence-electron chi connectivity index (χ2n) is 7.35. The van der Waals surface area contributed by atoms with Gasteiger partial charge < -0.3 is 14.6 Å². The van der Waals surface area contributed by atoms with Crippen LogP contribution in [0.5, 0.6) is 0 Å². The zero-order valence-electron chi connectivity index (χ0n) is 15.2. The van der Waals surface area contributed by atoms with Crippen LogP contribution in [0.3, 0.4) is 0 Å². The number of carboxylic acid groups (broad SMARTS) is 1. The number of aromatic nitrogens is 1. The lowest BCUT2D eigenvalue weighted by Gasteiger charge is -2.14. The van der Waals surface area contributed by atoms with Gasteiger partial charge in [-0.25, -0.2) is 4.79 Å². The topological polar surface area (TPSA) is 45.5 Å². The number of carbonyl (C=O) groups is 1. The number of benzene rings is 1. The number of carboxylic acids is 1. The van der Waals surface area contributed by atoms with E-state index in [1.165, 1.54) is 37.2 Å². The summed E-state index contributed by atoms with van der Waals surface area (Å²) in [6.45, 7) is 9.80. The minimum Gasteiger partial charge on any atom is -0.478 e. The Morgan fingerprint density at radius 3 is 2.50 bits per heavy atom. The second-order valence-corrected chi connectivity index (χ2v) is 7.35. The monoisotopic (exact) mass is 328 g/mol. The van der Waals surface area contributed by atoms with Gasteiger partial charge in [0.2, 0.25) is 0 Å². The van der Waals surface area contributed by atoms with Crippen molar-refractivity contribution in [2.75, 3.05) is 19.6 Å². The number of nitrogens with zero attached hydrogens (tertiary/aromatic N) is 2. The van der Waals surface area contributed by atoms with Crippen LogP contribution in [-0.4, -0.2) is 40.2 Å². The molecule has 0 bridgehead atoms. The number of aromatic carboxylic acids is 1. The molecule has 1 saturated heterocycles. The van der Waals surface area contributed by atoms with Crippen molar-refractivity contribution in [3.8, 4) is 0 Å². The molecule has 0 aliphatic carbocycles. The van der Waals surface area contributed by atoms with Gasteiger partial charge in [-0.15, -0.1) is 0 Å². The largest absolute Gasteiger partial charge is 0.478 e. The Hall–Kier alpha value is -1.81. The standard InChI is InChI=1S/C20H28N2O2/c1-13(2)15-11-17-16(7-10-22-8-5-6-9-22)14(3)21(4)19(17)18(12-15)20(23)24/h11-13H,5-10H2,1-4H3,(H,23,24). The third-order valence-corrected chi connectivity index (χ3v) is 5.51. The van der Waals surface area contributed by atoms with E-state index < -0.39 is 5.97 Å². The Morgan fingerprint density at radius 2 is 1.92 bits per heavy atom. The molecule has 0 saturated carbocycles. The molecule has 2 aromatic rings. The molecule has 0 radical (unpaired) electrons. The molecule has 4 nitrogen and oxygen atoms in total. The zero-order chi connectivity index (χ0) is 17.4. The lowest BCUT2D eigenvalue weighted by atomic mass is 9.96. The van der Waals surface area contributed by atoms with E-state index in [1.54, 1.807) is 0 Å². The third kappa shape index (κ3) is 2.95. The number of fused-ring (bicyclic) bond motifs is 1. The molecule has 1 aromatic carbocycles. The second kappa shape index (κ2) is 6.60. The molecule has 3 rings (SSSR count). The first kappa shape index (κ1) is 17.0. The van der Waals surface area contributed by atoms with E-state index in [0.717, 1.165) is 29.4 Å². The first-order chi connectivity index (χ1) is 11.4. The van der Waals surface area contributed by atoms with E-state index in [-0.39, 0.29) is 0 Å². The molecule has 1 N–H and O–H groups in total. The van der Waals surface area contributed by atoms with Gasteiger partial charge in [-0.2, -0.15) is 0 Å². The quantitative estimate of drug-likeness (QED) is 0.904. The Bertz CT molecular complexity index is 768. The molecule has 0 unspecified atom stereocenters. The molecular weight excluding hydrogens is 300 g/mol. The molecule has 0 atom stereocenters. The predicted octanol–water partition coefficient (Wildman–Crippen LogP) is 3.95.